The van der Waals surface area contributed by atoms with Crippen molar-refractivity contribution in [2.24, 2.45) is 41.2 Å². The van der Waals surface area contributed by atoms with Crippen LogP contribution in [-0.4, -0.2) is 40.4 Å². The predicted octanol–water partition coefficient (Wildman–Crippen LogP) is 4.04. The summed E-state index contributed by atoms with van der Waals surface area (Å²) in [6, 6.07) is 2.12. The number of primary amides is 1. The van der Waals surface area contributed by atoms with E-state index >= 15 is 0 Å². The van der Waals surface area contributed by atoms with E-state index in [1.165, 1.54) is 0 Å². The molecule has 9 unspecified atom stereocenters. The first-order valence-electron chi connectivity index (χ1n) is 13.1. The molecule has 7 heteroatoms. The minimum absolute atomic E-state index is 0.0667. The lowest BCUT2D eigenvalue weighted by atomic mass is 9.82. The molecule has 9 atom stereocenters. The molecule has 1 amide bonds. The zero-order valence-corrected chi connectivity index (χ0v) is 21.7. The number of hydrogen-bond donors (Lipinski definition) is 3. The average Bonchev–Trinajstić information content (AvgIpc) is 3.27. The van der Waals surface area contributed by atoms with E-state index in [4.69, 9.17) is 10.5 Å². The van der Waals surface area contributed by atoms with Crippen LogP contribution in [0.1, 0.15) is 79.1 Å². The fourth-order valence-electron chi connectivity index (χ4n) is 6.01. The van der Waals surface area contributed by atoms with E-state index in [0.717, 1.165) is 32.1 Å². The minimum atomic E-state index is -0.857. The monoisotopic (exact) mass is 488 g/mol. The van der Waals surface area contributed by atoms with Crippen molar-refractivity contribution >= 4 is 11.9 Å². The third-order valence-corrected chi connectivity index (χ3v) is 7.85. The second-order valence-electron chi connectivity index (χ2n) is 11.1. The molecule has 2 aliphatic rings. The Morgan fingerprint density at radius 3 is 2.37 bits per heavy atom. The maximum Gasteiger partial charge on any atom is 0.308 e. The van der Waals surface area contributed by atoms with E-state index < -0.39 is 24.3 Å². The normalized spacial score (nSPS) is 40.9. The summed E-state index contributed by atoms with van der Waals surface area (Å²) in [5.41, 5.74) is 5.92. The van der Waals surface area contributed by atoms with Gasteiger partial charge in [-0.1, -0.05) is 46.3 Å². The van der Waals surface area contributed by atoms with Gasteiger partial charge in [0.1, 0.15) is 6.10 Å². The van der Waals surface area contributed by atoms with Crippen LogP contribution in [0.3, 0.4) is 0 Å². The number of hydrogen-bond acceptors (Lipinski definition) is 6. The van der Waals surface area contributed by atoms with E-state index in [-0.39, 0.29) is 36.0 Å². The predicted molar refractivity (Wildman–Crippen MR) is 134 cm³/mol. The Morgan fingerprint density at radius 1 is 1.09 bits per heavy atom. The van der Waals surface area contributed by atoms with Gasteiger partial charge >= 0.3 is 5.97 Å². The smallest absolute Gasteiger partial charge is 0.308 e. The molecule has 1 heterocycles. The maximum absolute atomic E-state index is 12.8. The third-order valence-electron chi connectivity index (χ3n) is 7.85. The molecule has 35 heavy (non-hydrogen) atoms. The first-order valence-corrected chi connectivity index (χ1v) is 13.1. The lowest BCUT2D eigenvalue weighted by molar-refractivity contribution is -0.156. The van der Waals surface area contributed by atoms with Crippen molar-refractivity contribution in [2.75, 3.05) is 0 Å². The Balaban J connectivity index is 2.30. The van der Waals surface area contributed by atoms with E-state index in [1.807, 2.05) is 13.8 Å². The lowest BCUT2D eigenvalue weighted by Gasteiger charge is -2.28. The van der Waals surface area contributed by atoms with Crippen molar-refractivity contribution in [3.8, 4) is 6.07 Å². The van der Waals surface area contributed by atoms with Gasteiger partial charge in [0.2, 0.25) is 5.91 Å². The van der Waals surface area contributed by atoms with Gasteiger partial charge in [0.15, 0.2) is 0 Å². The molecular weight excluding hydrogens is 444 g/mol. The maximum atomic E-state index is 12.8. The van der Waals surface area contributed by atoms with Gasteiger partial charge in [0.05, 0.1) is 30.3 Å². The number of amides is 1. The topological polar surface area (TPSA) is 134 Å². The summed E-state index contributed by atoms with van der Waals surface area (Å²) in [7, 11) is 0. The van der Waals surface area contributed by atoms with Crippen LogP contribution in [0.2, 0.25) is 0 Å². The number of allylic oxidation sites excluding steroid dienone is 2. The number of carbonyl (C=O) groups is 2. The second kappa shape index (κ2) is 13.8. The molecule has 0 aromatic rings. The van der Waals surface area contributed by atoms with E-state index in [2.05, 4.69) is 19.9 Å². The molecule has 1 aliphatic carbocycles. The molecule has 1 aliphatic heterocycles. The zero-order chi connectivity index (χ0) is 26.1. The summed E-state index contributed by atoms with van der Waals surface area (Å²) >= 11 is 0. The van der Waals surface area contributed by atoms with Crippen LogP contribution in [0.5, 0.6) is 0 Å². The fraction of sp³-hybridized carbons (Fsp3) is 0.750. The molecule has 0 spiro atoms. The van der Waals surface area contributed by atoms with Gasteiger partial charge in [-0.3, -0.25) is 9.59 Å². The Morgan fingerprint density at radius 2 is 1.74 bits per heavy atom. The van der Waals surface area contributed by atoms with Crippen molar-refractivity contribution in [3.63, 3.8) is 0 Å². The highest BCUT2D eigenvalue weighted by Crippen LogP contribution is 2.37. The minimum Gasteiger partial charge on any atom is -0.462 e. The Bertz CT molecular complexity index is 817. The second-order valence-corrected chi connectivity index (χ2v) is 11.1. The highest BCUT2D eigenvalue weighted by Gasteiger charge is 2.38. The summed E-state index contributed by atoms with van der Waals surface area (Å²) < 4.78 is 5.82. The van der Waals surface area contributed by atoms with Crippen LogP contribution >= 0.6 is 0 Å². The number of aliphatic hydroxyl groups excluding tert-OH is 2. The number of nitrogens with zero attached hydrogens (tertiary/aromatic N) is 1. The van der Waals surface area contributed by atoms with Crippen LogP contribution in [0.15, 0.2) is 23.8 Å². The molecule has 196 valence electrons. The number of esters is 1. The molecule has 1 saturated carbocycles. The zero-order valence-electron chi connectivity index (χ0n) is 21.7. The number of nitriles is 1. The van der Waals surface area contributed by atoms with Crippen molar-refractivity contribution in [1.29, 1.82) is 5.26 Å². The van der Waals surface area contributed by atoms with Gasteiger partial charge in [-0.15, -0.1) is 0 Å². The molecular formula is C28H44N2O5. The number of ether oxygens (including phenoxy) is 1. The summed E-state index contributed by atoms with van der Waals surface area (Å²) in [4.78, 5) is 24.8. The van der Waals surface area contributed by atoms with Crippen molar-refractivity contribution in [1.82, 2.24) is 0 Å². The summed E-state index contributed by atoms with van der Waals surface area (Å²) in [6.45, 7) is 8.21. The van der Waals surface area contributed by atoms with Crippen LogP contribution in [0.25, 0.3) is 0 Å². The van der Waals surface area contributed by atoms with Crippen molar-refractivity contribution < 1.29 is 24.5 Å². The first kappa shape index (κ1) is 29.1. The Kier molecular flexibility index (Phi) is 11.5. The van der Waals surface area contributed by atoms with Crippen LogP contribution in [0.4, 0.5) is 0 Å². The number of nitrogens with two attached hydrogens (primary N) is 1. The van der Waals surface area contributed by atoms with Crippen molar-refractivity contribution in [3.05, 3.63) is 23.8 Å². The van der Waals surface area contributed by atoms with Gasteiger partial charge in [0, 0.05) is 18.3 Å². The average molecular weight is 489 g/mol. The van der Waals surface area contributed by atoms with Gasteiger partial charge in [-0.05, 0) is 61.9 Å². The summed E-state index contributed by atoms with van der Waals surface area (Å²) in [5, 5.41) is 31.1. The van der Waals surface area contributed by atoms with Crippen LogP contribution in [0, 0.1) is 46.8 Å². The molecule has 0 bridgehead atoms. The molecule has 4 N–H and O–H groups in total. The third kappa shape index (κ3) is 8.77. The molecule has 7 nitrogen and oxygen atoms in total. The van der Waals surface area contributed by atoms with E-state index in [1.54, 1.807) is 18.2 Å². The van der Waals surface area contributed by atoms with Crippen molar-refractivity contribution in [2.45, 2.75) is 97.4 Å². The number of aliphatic hydroxyl groups is 2. The first-order chi connectivity index (χ1) is 16.5. The molecule has 0 aromatic heterocycles. The Hall–Kier alpha value is -2.17. The van der Waals surface area contributed by atoms with Gasteiger partial charge in [0.25, 0.3) is 0 Å². The largest absolute Gasteiger partial charge is 0.462 e. The SMILES string of the molecule is CC1CC(C)CC(C)C(O)/C(C#N)=C\C=C\CC(C2CCCC2C(N)=O)OC(=O)CC(O)C(C)C1. The number of cyclic esters (lactones) is 1. The highest BCUT2D eigenvalue weighted by molar-refractivity contribution is 5.77. The quantitative estimate of drug-likeness (QED) is 0.502. The van der Waals surface area contributed by atoms with E-state index in [0.29, 0.717) is 30.3 Å². The molecule has 2 rings (SSSR count). The fourth-order valence-corrected chi connectivity index (χ4v) is 6.01. The summed E-state index contributed by atoms with van der Waals surface area (Å²) in [5.74, 6) is -0.824. The molecule has 0 aromatic carbocycles. The molecule has 0 radical (unpaired) electrons. The number of carbonyl (C=O) groups excluding carboxylic acids is 2. The van der Waals surface area contributed by atoms with Gasteiger partial charge in [-0.25, -0.2) is 0 Å². The standard InChI is InChI=1S/C28H44N2O5/c1-17-12-18(2)14-20(4)27(33)21(16-29)8-5-6-11-25(22-9-7-10-23(22)28(30)34)35-26(32)15-24(31)19(3)13-17/h5-6,8,17-20,22-25,27,31,33H,7,9-15H2,1-4H3,(H2,30,34)/b6-5+,21-8-. The van der Waals surface area contributed by atoms with Gasteiger partial charge < -0.3 is 20.7 Å². The van der Waals surface area contributed by atoms with Crippen LogP contribution in [-0.2, 0) is 14.3 Å². The Labute approximate surface area is 210 Å². The molecule has 1 fully saturated rings. The highest BCUT2D eigenvalue weighted by atomic mass is 16.5. The lowest BCUT2D eigenvalue weighted by Crippen LogP contribution is -2.36. The van der Waals surface area contributed by atoms with E-state index in [9.17, 15) is 25.1 Å². The molecule has 0 saturated heterocycles. The number of rotatable bonds is 2. The summed E-state index contributed by atoms with van der Waals surface area (Å²) in [6.07, 6.45) is 7.96. The van der Waals surface area contributed by atoms with Gasteiger partial charge in [-0.2, -0.15) is 5.26 Å². The van der Waals surface area contributed by atoms with Crippen LogP contribution < -0.4 is 5.73 Å².